The molecule has 8 heterocycles. The Bertz CT molecular complexity index is 3140. The van der Waals surface area contributed by atoms with Crippen LogP contribution >= 0.6 is 23.2 Å². The fraction of sp³-hybridized carbons (Fsp3) is 0.467. The van der Waals surface area contributed by atoms with Crippen LogP contribution in [0.2, 0.25) is 5.15 Å². The van der Waals surface area contributed by atoms with Crippen LogP contribution in [0.3, 0.4) is 0 Å². The van der Waals surface area contributed by atoms with Gasteiger partial charge in [-0.1, -0.05) is 35.9 Å². The molecule has 6 aromatic heterocycles. The lowest BCUT2D eigenvalue weighted by Gasteiger charge is -2.33. The summed E-state index contributed by atoms with van der Waals surface area (Å²) in [6.45, 7) is 12.9. The van der Waals surface area contributed by atoms with Gasteiger partial charge in [0.2, 0.25) is 5.78 Å². The molecule has 2 fully saturated rings. The number of allylic oxidation sites excluding steroid dienone is 1. The van der Waals surface area contributed by atoms with Gasteiger partial charge in [0.15, 0.2) is 5.78 Å². The summed E-state index contributed by atoms with van der Waals surface area (Å²) in [6.07, 6.45) is 10.3. The van der Waals surface area contributed by atoms with Crippen molar-refractivity contribution in [1.29, 1.82) is 0 Å². The van der Waals surface area contributed by atoms with Crippen LogP contribution in [0.15, 0.2) is 91.3 Å². The molecule has 0 radical (unpaired) electrons. The zero-order valence-corrected chi connectivity index (χ0v) is 49.4. The van der Waals surface area contributed by atoms with Crippen molar-refractivity contribution in [2.45, 2.75) is 102 Å². The highest BCUT2D eigenvalue weighted by Crippen LogP contribution is 2.40. The number of aryl methyl sites for hydroxylation is 6. The van der Waals surface area contributed by atoms with Gasteiger partial charge in [-0.15, -0.1) is 11.6 Å². The van der Waals surface area contributed by atoms with Gasteiger partial charge < -0.3 is 30.2 Å². The van der Waals surface area contributed by atoms with Crippen LogP contribution in [0, 0.1) is 13.8 Å². The predicted molar refractivity (Wildman–Crippen MR) is 313 cm³/mol. The third-order valence-corrected chi connectivity index (χ3v) is 15.1. The number of anilines is 1. The number of piperazine rings is 2. The molecule has 23 heteroatoms. The van der Waals surface area contributed by atoms with Crippen molar-refractivity contribution >= 4 is 46.3 Å². The van der Waals surface area contributed by atoms with Crippen LogP contribution in [-0.2, 0) is 38.1 Å². The first kappa shape index (κ1) is 64.1. The molecule has 444 valence electrons. The molecule has 6 aromatic rings. The van der Waals surface area contributed by atoms with E-state index < -0.39 is 30.1 Å². The van der Waals surface area contributed by atoms with E-state index in [0.717, 1.165) is 97.5 Å². The first-order chi connectivity index (χ1) is 39.8. The summed E-state index contributed by atoms with van der Waals surface area (Å²) in [4.78, 5) is 64.6. The first-order valence-corrected chi connectivity index (χ1v) is 28.8. The topological polar surface area (TPSA) is 174 Å². The Labute approximate surface area is 492 Å². The molecule has 0 amide bonds. The monoisotopic (exact) mass is 1190 g/mol. The SMILES string of the molecule is CN1CCNCC1.CNC1c2ncccc2CCC1(F)F.Cc1nc(CN(C)C2=C(F)CCc3cccnc32)cc(N2CCN(C)CC2)n1.Cc1nc(Cl)cc(CCl)n1.O=C1CCCc2cccnc21.O=C1c2ncccc2CCC1(F)F. The fourth-order valence-electron chi connectivity index (χ4n) is 10.2. The Morgan fingerprint density at radius 1 is 0.675 bits per heavy atom. The summed E-state index contributed by atoms with van der Waals surface area (Å²) in [6, 6.07) is 17.5. The van der Waals surface area contributed by atoms with Gasteiger partial charge in [-0.05, 0) is 120 Å². The van der Waals surface area contributed by atoms with Crippen LogP contribution in [0.25, 0.3) is 5.70 Å². The Morgan fingerprint density at radius 2 is 1.24 bits per heavy atom. The second kappa shape index (κ2) is 30.4. The molecule has 1 atom stereocenters. The Balaban J connectivity index is 0.000000153. The molecule has 2 saturated heterocycles. The summed E-state index contributed by atoms with van der Waals surface area (Å²) in [7, 11) is 7.75. The summed E-state index contributed by atoms with van der Waals surface area (Å²) >= 11 is 11.1. The average molecular weight is 1190 g/mol. The number of carbonyl (C=O) groups is 2. The van der Waals surface area contributed by atoms with Gasteiger partial charge in [-0.3, -0.25) is 29.5 Å². The number of carbonyl (C=O) groups excluding carboxylic acids is 2. The lowest BCUT2D eigenvalue weighted by molar-refractivity contribution is -0.0512. The third kappa shape index (κ3) is 18.0. The minimum Gasteiger partial charge on any atom is -0.365 e. The molecule has 6 aliphatic rings. The number of aromatic nitrogens is 8. The fourth-order valence-corrected chi connectivity index (χ4v) is 10.6. The zero-order chi connectivity index (χ0) is 59.7. The van der Waals surface area contributed by atoms with Crippen LogP contribution in [0.4, 0.5) is 27.8 Å². The Kier molecular flexibility index (Phi) is 23.4. The van der Waals surface area contributed by atoms with Gasteiger partial charge in [0, 0.05) is 116 Å². The van der Waals surface area contributed by atoms with E-state index in [4.69, 9.17) is 23.2 Å². The van der Waals surface area contributed by atoms with E-state index >= 15 is 0 Å². The number of nitrogens with zero attached hydrogens (tertiary/aromatic N) is 12. The standard InChI is InChI=1S/C21H27FN6.C10H12F2N2.C9H7F2NO.C9H9NO.C6H6Cl2N2.C5H12N2/c1-15-24-17(13-19(25-15)28-11-9-26(2)10-12-28)14-27(3)21-18(22)7-6-16-5-4-8-23-20(16)21;1-13-9-8-7(3-2-6-14-8)4-5-10(9,11)12;10-9(11)4-3-6-2-1-5-12-7(6)8(9)13;11-8-5-1-3-7-4-2-6-10-9(7)8;1-4-9-5(3-7)2-6(8)10-4;1-7-4-2-6-3-5-7/h4-5,8,13H,6-7,9-12,14H2,1-3H3;2-3,6,9,13H,4-5H2,1H3;1-2,5H,3-4H2;2,4,6H,1,3,5H2;2H,3H2,1H3;6H,2-5H2,1H3. The van der Waals surface area contributed by atoms with Crippen LogP contribution < -0.4 is 15.5 Å². The van der Waals surface area contributed by atoms with Gasteiger partial charge in [-0.25, -0.2) is 33.1 Å². The number of ketones is 2. The number of rotatable bonds is 6. The number of Topliss-reactive ketones (excluding diaryl/α,β-unsaturated/α-hetero) is 2. The number of likely N-dealkylation sites (N-methyl/N-ethyl adjacent to an activating group) is 2. The van der Waals surface area contributed by atoms with Crippen molar-refractivity contribution in [2.24, 2.45) is 0 Å². The highest BCUT2D eigenvalue weighted by Gasteiger charge is 2.45. The van der Waals surface area contributed by atoms with Gasteiger partial charge in [-0.2, -0.15) is 8.78 Å². The maximum Gasteiger partial charge on any atom is 0.311 e. The minimum atomic E-state index is -3.22. The predicted octanol–water partition coefficient (Wildman–Crippen LogP) is 9.72. The zero-order valence-electron chi connectivity index (χ0n) is 47.9. The molecule has 2 aliphatic heterocycles. The van der Waals surface area contributed by atoms with Crippen molar-refractivity contribution in [3.8, 4) is 0 Å². The number of alkyl halides is 5. The summed E-state index contributed by atoms with van der Waals surface area (Å²) in [5.74, 6) is -4.21. The van der Waals surface area contributed by atoms with Crippen LogP contribution in [0.1, 0.15) is 116 Å². The normalized spacial score (nSPS) is 18.6. The maximum atomic E-state index is 14.7. The summed E-state index contributed by atoms with van der Waals surface area (Å²) in [5.41, 5.74) is 7.87. The van der Waals surface area contributed by atoms with E-state index in [2.05, 4.69) is 79.3 Å². The van der Waals surface area contributed by atoms with Gasteiger partial charge >= 0.3 is 5.92 Å². The van der Waals surface area contributed by atoms with Gasteiger partial charge in [0.25, 0.3) is 5.92 Å². The van der Waals surface area contributed by atoms with E-state index in [1.165, 1.54) is 19.3 Å². The van der Waals surface area contributed by atoms with E-state index in [1.54, 1.807) is 56.8 Å². The van der Waals surface area contributed by atoms with E-state index in [-0.39, 0.29) is 30.1 Å². The number of halogens is 7. The maximum absolute atomic E-state index is 14.7. The third-order valence-electron chi connectivity index (χ3n) is 14.6. The number of hydrogen-bond acceptors (Lipinski definition) is 16. The minimum absolute atomic E-state index is 0.0706. The van der Waals surface area contributed by atoms with Crippen molar-refractivity contribution in [3.05, 3.63) is 164 Å². The number of fused-ring (bicyclic) bond motifs is 4. The van der Waals surface area contributed by atoms with E-state index in [9.17, 15) is 31.5 Å². The van der Waals surface area contributed by atoms with Crippen molar-refractivity contribution < 1.29 is 31.5 Å². The average Bonchev–Trinajstić information content (AvgIpc) is 3.61. The molecule has 0 bridgehead atoms. The number of pyridine rings is 4. The Morgan fingerprint density at radius 3 is 1.86 bits per heavy atom. The lowest BCUT2D eigenvalue weighted by Crippen LogP contribution is -2.45. The molecule has 0 spiro atoms. The number of hydrogen-bond donors (Lipinski definition) is 2. The van der Waals surface area contributed by atoms with Crippen molar-refractivity contribution in [3.63, 3.8) is 0 Å². The molecule has 2 N–H and O–H groups in total. The molecule has 16 nitrogen and oxygen atoms in total. The van der Waals surface area contributed by atoms with E-state index in [0.29, 0.717) is 71.7 Å². The summed E-state index contributed by atoms with van der Waals surface area (Å²) in [5, 5.41) is 6.36. The van der Waals surface area contributed by atoms with Gasteiger partial charge in [0.05, 0.1) is 40.9 Å². The smallest absolute Gasteiger partial charge is 0.311 e. The largest absolute Gasteiger partial charge is 0.365 e. The quantitative estimate of drug-likeness (QED) is 0.0916. The first-order valence-electron chi connectivity index (χ1n) is 27.9. The number of nitrogens with one attached hydrogen (secondary N) is 2. The molecule has 12 rings (SSSR count). The second-order valence-electron chi connectivity index (χ2n) is 21.0. The lowest BCUT2D eigenvalue weighted by atomic mass is 9.89. The highest BCUT2D eigenvalue weighted by atomic mass is 35.5. The highest BCUT2D eigenvalue weighted by molar-refractivity contribution is 6.29. The van der Waals surface area contributed by atoms with Crippen molar-refractivity contribution in [2.75, 3.05) is 85.4 Å². The van der Waals surface area contributed by atoms with E-state index in [1.807, 2.05) is 55.3 Å². The molecule has 4 aliphatic carbocycles. The van der Waals surface area contributed by atoms with Crippen LogP contribution in [-0.4, -0.2) is 159 Å². The Hall–Kier alpha value is -6.49. The molecular weight excluding hydrogens is 1110 g/mol. The second-order valence-corrected chi connectivity index (χ2v) is 21.6. The summed E-state index contributed by atoms with van der Waals surface area (Å²) < 4.78 is 67.4. The molecule has 0 aromatic carbocycles. The molecule has 1 unspecified atom stereocenters. The van der Waals surface area contributed by atoms with Gasteiger partial charge in [0.1, 0.15) is 45.9 Å². The molecule has 0 saturated carbocycles. The van der Waals surface area contributed by atoms with Crippen LogP contribution in [0.5, 0.6) is 0 Å². The molecule has 83 heavy (non-hydrogen) atoms. The molecular formula is C60H73Cl2F5N14O2. The van der Waals surface area contributed by atoms with Crippen molar-refractivity contribution in [1.82, 2.24) is 65.2 Å².